The van der Waals surface area contributed by atoms with Crippen LogP contribution in [-0.4, -0.2) is 15.9 Å². The Labute approximate surface area is 116 Å². The number of aromatic nitrogens is 1. The predicted molar refractivity (Wildman–Crippen MR) is 77.1 cm³/mol. The maximum Gasteiger partial charge on any atom is 0.154 e. The molecule has 0 spiro atoms. The van der Waals surface area contributed by atoms with Crippen LogP contribution < -0.4 is 5.73 Å². The third-order valence-electron chi connectivity index (χ3n) is 2.54. The van der Waals surface area contributed by atoms with Crippen LogP contribution in [-0.2, 0) is 0 Å². The molecule has 0 unspecified atom stereocenters. The number of nitrogens with zero attached hydrogens (tertiary/aromatic N) is 3. The average molecular weight is 264 g/mol. The Kier molecular flexibility index (Phi) is 4.10. The number of aliphatic imine (C=N–C) groups is 1. The Morgan fingerprint density at radius 2 is 1.85 bits per heavy atom. The van der Waals surface area contributed by atoms with Crippen LogP contribution in [0, 0.1) is 11.3 Å². The maximum atomic E-state index is 10.1. The van der Waals surface area contributed by atoms with Gasteiger partial charge in [-0.2, -0.15) is 5.26 Å². The molecule has 98 valence electrons. The van der Waals surface area contributed by atoms with E-state index in [2.05, 4.69) is 9.98 Å². The third kappa shape index (κ3) is 3.00. The Morgan fingerprint density at radius 1 is 1.15 bits per heavy atom. The van der Waals surface area contributed by atoms with Gasteiger partial charge in [-0.15, -0.1) is 0 Å². The number of rotatable bonds is 3. The summed E-state index contributed by atoms with van der Waals surface area (Å²) in [7, 11) is 0. The number of nitrogens with two attached hydrogens (primary N) is 1. The van der Waals surface area contributed by atoms with Crippen molar-refractivity contribution in [2.45, 2.75) is 0 Å². The van der Waals surface area contributed by atoms with Gasteiger partial charge in [-0.05, 0) is 12.1 Å². The summed E-state index contributed by atoms with van der Waals surface area (Å²) in [4.78, 5) is 8.01. The van der Waals surface area contributed by atoms with Crippen molar-refractivity contribution in [1.82, 2.24) is 4.98 Å². The minimum atomic E-state index is -0.203. The van der Waals surface area contributed by atoms with Gasteiger partial charge in [0, 0.05) is 11.8 Å². The smallest absolute Gasteiger partial charge is 0.154 e. The normalized spacial score (nSPS) is 12.4. The molecule has 3 N–H and O–H groups in total. The van der Waals surface area contributed by atoms with Gasteiger partial charge in [0.15, 0.2) is 5.82 Å². The highest BCUT2D eigenvalue weighted by atomic mass is 16.3. The van der Waals surface area contributed by atoms with Gasteiger partial charge in [0.25, 0.3) is 0 Å². The van der Waals surface area contributed by atoms with Crippen LogP contribution in [0.15, 0.2) is 65.3 Å². The molecule has 1 heterocycles. The number of amidine groups is 1. The van der Waals surface area contributed by atoms with Crippen LogP contribution in [0.25, 0.3) is 5.76 Å². The lowest BCUT2D eigenvalue weighted by Crippen LogP contribution is -2.15. The number of aliphatic hydroxyl groups excluding tert-OH is 1. The number of benzene rings is 1. The Morgan fingerprint density at radius 3 is 2.45 bits per heavy atom. The zero-order chi connectivity index (χ0) is 14.4. The molecule has 5 heteroatoms. The summed E-state index contributed by atoms with van der Waals surface area (Å²) in [5.41, 5.74) is 6.19. The van der Waals surface area contributed by atoms with E-state index >= 15 is 0 Å². The second kappa shape index (κ2) is 6.16. The zero-order valence-corrected chi connectivity index (χ0v) is 10.6. The largest absolute Gasteiger partial charge is 0.506 e. The highest BCUT2D eigenvalue weighted by Gasteiger charge is 2.11. The molecule has 0 radical (unpaired) electrons. The van der Waals surface area contributed by atoms with Crippen LogP contribution in [0.3, 0.4) is 0 Å². The molecule has 0 saturated carbocycles. The molecule has 0 atom stereocenters. The zero-order valence-electron chi connectivity index (χ0n) is 10.6. The van der Waals surface area contributed by atoms with Crippen molar-refractivity contribution < 1.29 is 5.11 Å². The van der Waals surface area contributed by atoms with Crippen LogP contribution in [0.4, 0.5) is 5.82 Å². The second-order valence-corrected chi connectivity index (χ2v) is 3.89. The summed E-state index contributed by atoms with van der Waals surface area (Å²) in [5.74, 6) is 0.0939. The maximum absolute atomic E-state index is 10.1. The van der Waals surface area contributed by atoms with E-state index in [1.54, 1.807) is 48.7 Å². The van der Waals surface area contributed by atoms with Crippen LogP contribution in [0.2, 0.25) is 0 Å². The highest BCUT2D eigenvalue weighted by Crippen LogP contribution is 2.16. The highest BCUT2D eigenvalue weighted by molar-refractivity contribution is 6.07. The number of aliphatic hydroxyl groups is 1. The van der Waals surface area contributed by atoms with Gasteiger partial charge in [-0.3, -0.25) is 0 Å². The molecule has 0 aliphatic heterocycles. The SMILES string of the molecule is N#CC(=C(\O)c1ccccc1)/C(N)=N\c1ccccn1. The average Bonchev–Trinajstić information content (AvgIpc) is 2.49. The van der Waals surface area contributed by atoms with E-state index in [4.69, 9.17) is 11.0 Å². The van der Waals surface area contributed by atoms with E-state index in [-0.39, 0.29) is 17.2 Å². The summed E-state index contributed by atoms with van der Waals surface area (Å²) < 4.78 is 0. The van der Waals surface area contributed by atoms with Crippen molar-refractivity contribution in [2.75, 3.05) is 0 Å². The number of pyridine rings is 1. The van der Waals surface area contributed by atoms with Crippen LogP contribution >= 0.6 is 0 Å². The van der Waals surface area contributed by atoms with Gasteiger partial charge < -0.3 is 10.8 Å². The van der Waals surface area contributed by atoms with E-state index < -0.39 is 0 Å². The number of nitriles is 1. The first kappa shape index (κ1) is 13.3. The summed E-state index contributed by atoms with van der Waals surface area (Å²) in [6.07, 6.45) is 1.57. The third-order valence-corrected chi connectivity index (χ3v) is 2.54. The molecular weight excluding hydrogens is 252 g/mol. The second-order valence-electron chi connectivity index (χ2n) is 3.89. The summed E-state index contributed by atoms with van der Waals surface area (Å²) in [6, 6.07) is 15.7. The minimum Gasteiger partial charge on any atom is -0.506 e. The van der Waals surface area contributed by atoms with Crippen molar-refractivity contribution in [3.8, 4) is 6.07 Å². The summed E-state index contributed by atoms with van der Waals surface area (Å²) >= 11 is 0. The fourth-order valence-electron chi connectivity index (χ4n) is 1.57. The molecule has 0 saturated heterocycles. The van der Waals surface area contributed by atoms with Gasteiger partial charge >= 0.3 is 0 Å². The molecule has 0 amide bonds. The predicted octanol–water partition coefficient (Wildman–Crippen LogP) is 2.56. The first-order valence-electron chi connectivity index (χ1n) is 5.86. The molecule has 0 bridgehead atoms. The molecular formula is C15H12N4O. The molecule has 1 aromatic carbocycles. The quantitative estimate of drug-likeness (QED) is 0.385. The lowest BCUT2D eigenvalue weighted by molar-refractivity contribution is 0.510. The van der Waals surface area contributed by atoms with E-state index in [1.807, 2.05) is 12.1 Å². The molecule has 0 aliphatic rings. The molecule has 5 nitrogen and oxygen atoms in total. The first-order chi connectivity index (χ1) is 9.72. The van der Waals surface area contributed by atoms with Gasteiger partial charge in [0.2, 0.25) is 0 Å². The molecule has 1 aromatic heterocycles. The Balaban J connectivity index is 2.43. The van der Waals surface area contributed by atoms with Gasteiger partial charge in [-0.25, -0.2) is 9.98 Å². The summed E-state index contributed by atoms with van der Waals surface area (Å²) in [5, 5.41) is 19.3. The topological polar surface area (TPSA) is 95.3 Å². The fraction of sp³-hybridized carbons (Fsp3) is 0. The van der Waals surface area contributed by atoms with Crippen molar-refractivity contribution in [3.63, 3.8) is 0 Å². The van der Waals surface area contributed by atoms with E-state index in [1.165, 1.54) is 0 Å². The molecule has 0 fully saturated rings. The van der Waals surface area contributed by atoms with Gasteiger partial charge in [-0.1, -0.05) is 36.4 Å². The fourth-order valence-corrected chi connectivity index (χ4v) is 1.57. The Hall–Kier alpha value is -3.13. The standard InChI is InChI=1S/C15H12N4O/c16-10-12(14(20)11-6-2-1-3-7-11)15(17)19-13-8-4-5-9-18-13/h1-9,20H,(H2,17,18,19)/b14-12+. The van der Waals surface area contributed by atoms with Crippen LogP contribution in [0.5, 0.6) is 0 Å². The molecule has 2 aromatic rings. The van der Waals surface area contributed by atoms with Gasteiger partial charge in [0.05, 0.1) is 0 Å². The van der Waals surface area contributed by atoms with E-state index in [0.717, 1.165) is 0 Å². The van der Waals surface area contributed by atoms with Crippen molar-refractivity contribution >= 4 is 17.4 Å². The van der Waals surface area contributed by atoms with E-state index in [9.17, 15) is 5.11 Å². The monoisotopic (exact) mass is 264 g/mol. The minimum absolute atomic E-state index is 0.0763. The Bertz CT molecular complexity index is 685. The number of hydrogen-bond donors (Lipinski definition) is 2. The number of hydrogen-bond acceptors (Lipinski definition) is 4. The van der Waals surface area contributed by atoms with Crippen molar-refractivity contribution in [1.29, 1.82) is 5.26 Å². The van der Waals surface area contributed by atoms with Crippen LogP contribution in [0.1, 0.15) is 5.56 Å². The van der Waals surface area contributed by atoms with Crippen molar-refractivity contribution in [2.24, 2.45) is 10.7 Å². The molecule has 20 heavy (non-hydrogen) atoms. The lowest BCUT2D eigenvalue weighted by atomic mass is 10.1. The van der Waals surface area contributed by atoms with Crippen molar-refractivity contribution in [3.05, 3.63) is 65.9 Å². The molecule has 2 rings (SSSR count). The lowest BCUT2D eigenvalue weighted by Gasteiger charge is -2.04. The van der Waals surface area contributed by atoms with E-state index in [0.29, 0.717) is 11.4 Å². The van der Waals surface area contributed by atoms with Gasteiger partial charge in [0.1, 0.15) is 23.2 Å². The molecule has 0 aliphatic carbocycles. The first-order valence-corrected chi connectivity index (χ1v) is 5.86. The summed E-state index contributed by atoms with van der Waals surface area (Å²) in [6.45, 7) is 0.